The first-order chi connectivity index (χ1) is 13.3. The summed E-state index contributed by atoms with van der Waals surface area (Å²) in [6.45, 7) is 2.94. The van der Waals surface area contributed by atoms with Crippen LogP contribution in [0.4, 0.5) is 0 Å². The number of ether oxygens (including phenoxy) is 1. The van der Waals surface area contributed by atoms with Crippen molar-refractivity contribution < 1.29 is 24.5 Å². The molecule has 3 N–H and O–H groups in total. The number of aliphatic hydroxyl groups excluding tert-OH is 1. The minimum Gasteiger partial charge on any atom is -0.491 e. The molecule has 2 aromatic rings. The number of imide groups is 1. The second-order valence-corrected chi connectivity index (χ2v) is 7.30. The van der Waals surface area contributed by atoms with Crippen LogP contribution in [0.3, 0.4) is 0 Å². The lowest BCUT2D eigenvalue weighted by molar-refractivity contribution is -0.123. The summed E-state index contributed by atoms with van der Waals surface area (Å²) >= 11 is 0. The molecule has 0 radical (unpaired) electrons. The van der Waals surface area contributed by atoms with Crippen molar-refractivity contribution >= 4 is 17.4 Å². The molecule has 1 aliphatic heterocycles. The Hall–Kier alpha value is -2.96. The van der Waals surface area contributed by atoms with Crippen molar-refractivity contribution in [1.82, 2.24) is 5.32 Å². The maximum absolute atomic E-state index is 12.3. The van der Waals surface area contributed by atoms with Gasteiger partial charge >= 0.3 is 0 Å². The first kappa shape index (κ1) is 19.8. The fourth-order valence-corrected chi connectivity index (χ4v) is 2.86. The number of carbonyl (C=O) groups excluding carboxylic acids is 2. The highest BCUT2D eigenvalue weighted by atomic mass is 16.5. The minimum absolute atomic E-state index is 0.0657. The minimum atomic E-state index is -1.26. The molecule has 1 heterocycles. The van der Waals surface area contributed by atoms with Crippen molar-refractivity contribution in [2.45, 2.75) is 32.0 Å². The molecule has 6 nitrogen and oxygen atoms in total. The lowest BCUT2D eigenvalue weighted by Gasteiger charge is -2.24. The average molecular weight is 381 g/mol. The Kier molecular flexibility index (Phi) is 5.63. The van der Waals surface area contributed by atoms with Gasteiger partial charge in [-0.3, -0.25) is 14.9 Å². The van der Waals surface area contributed by atoms with Crippen LogP contribution in [0.5, 0.6) is 5.75 Å². The smallest absolute Gasteiger partial charge is 0.259 e. The first-order valence-electron chi connectivity index (χ1n) is 9.02. The summed E-state index contributed by atoms with van der Waals surface area (Å²) in [6.07, 6.45) is -0.672. The molecule has 28 heavy (non-hydrogen) atoms. The highest BCUT2D eigenvalue weighted by molar-refractivity contribution is 6.36. The molecule has 1 unspecified atom stereocenters. The lowest BCUT2D eigenvalue weighted by atomic mass is 9.96. The van der Waals surface area contributed by atoms with Crippen LogP contribution in [0.25, 0.3) is 5.57 Å². The van der Waals surface area contributed by atoms with Gasteiger partial charge in [0.15, 0.2) is 0 Å². The fraction of sp³-hybridized carbons (Fsp3) is 0.273. The molecule has 0 saturated carbocycles. The number of benzene rings is 2. The number of amides is 2. The number of aliphatic hydroxyl groups is 2. The van der Waals surface area contributed by atoms with Gasteiger partial charge in [0, 0.05) is 12.0 Å². The summed E-state index contributed by atoms with van der Waals surface area (Å²) in [6, 6.07) is 16.2. The van der Waals surface area contributed by atoms with Crippen molar-refractivity contribution in [3.63, 3.8) is 0 Å². The Morgan fingerprint density at radius 2 is 1.64 bits per heavy atom. The summed E-state index contributed by atoms with van der Waals surface area (Å²) < 4.78 is 5.49. The Balaban J connectivity index is 1.80. The lowest BCUT2D eigenvalue weighted by Crippen LogP contribution is -2.40. The number of carbonyl (C=O) groups is 2. The van der Waals surface area contributed by atoms with Crippen LogP contribution < -0.4 is 10.1 Å². The second-order valence-electron chi connectivity index (χ2n) is 7.30. The van der Waals surface area contributed by atoms with Gasteiger partial charge in [0.25, 0.3) is 11.8 Å². The Bertz CT molecular complexity index is 895. The molecule has 2 aromatic carbocycles. The third kappa shape index (κ3) is 4.47. The van der Waals surface area contributed by atoms with E-state index in [9.17, 15) is 19.8 Å². The monoisotopic (exact) mass is 381 g/mol. The van der Waals surface area contributed by atoms with Gasteiger partial charge in [0.05, 0.1) is 11.2 Å². The number of hydrogen-bond donors (Lipinski definition) is 3. The quantitative estimate of drug-likeness (QED) is 0.636. The van der Waals surface area contributed by atoms with E-state index < -0.39 is 17.6 Å². The van der Waals surface area contributed by atoms with Crippen molar-refractivity contribution in [2.75, 3.05) is 6.61 Å². The molecule has 3 rings (SSSR count). The van der Waals surface area contributed by atoms with Crippen LogP contribution in [-0.4, -0.2) is 40.3 Å². The predicted octanol–water partition coefficient (Wildman–Crippen LogP) is 1.85. The van der Waals surface area contributed by atoms with E-state index in [1.54, 1.807) is 24.3 Å². The molecule has 0 aromatic heterocycles. The highest BCUT2D eigenvalue weighted by Gasteiger charge is 2.31. The van der Waals surface area contributed by atoms with Gasteiger partial charge in [-0.1, -0.05) is 42.5 Å². The third-order valence-electron chi connectivity index (χ3n) is 4.62. The van der Waals surface area contributed by atoms with Gasteiger partial charge in [0.2, 0.25) is 0 Å². The van der Waals surface area contributed by atoms with Crippen LogP contribution in [0.1, 0.15) is 25.0 Å². The average Bonchev–Trinajstić information content (AvgIpc) is 2.93. The van der Waals surface area contributed by atoms with Gasteiger partial charge in [-0.15, -0.1) is 0 Å². The maximum atomic E-state index is 12.3. The normalized spacial score (nSPS) is 15.6. The molecule has 1 atom stereocenters. The van der Waals surface area contributed by atoms with E-state index in [1.165, 1.54) is 13.8 Å². The van der Waals surface area contributed by atoms with Gasteiger partial charge in [-0.05, 0) is 37.1 Å². The van der Waals surface area contributed by atoms with Crippen LogP contribution in [0, 0.1) is 0 Å². The summed E-state index contributed by atoms with van der Waals surface area (Å²) in [5.74, 6) is -0.304. The summed E-state index contributed by atoms with van der Waals surface area (Å²) in [4.78, 5) is 24.6. The topological polar surface area (TPSA) is 95.9 Å². The number of hydrogen-bond acceptors (Lipinski definition) is 5. The standard InChI is InChI=1S/C22H23NO5/c1-22(2,27)18(24)13-28-16-10-8-15(9-11-16)19-17(20(25)23-21(19)26)12-14-6-4-3-5-7-14/h3-11,18,24,27H,12-13H2,1-2H3,(H,23,25,26). The van der Waals surface area contributed by atoms with E-state index in [-0.39, 0.29) is 12.5 Å². The third-order valence-corrected chi connectivity index (χ3v) is 4.62. The number of nitrogens with one attached hydrogen (secondary N) is 1. The molecular formula is C22H23NO5. The van der Waals surface area contributed by atoms with Gasteiger partial charge < -0.3 is 14.9 Å². The largest absolute Gasteiger partial charge is 0.491 e. The van der Waals surface area contributed by atoms with Crippen molar-refractivity contribution in [2.24, 2.45) is 0 Å². The Morgan fingerprint density at radius 3 is 2.25 bits per heavy atom. The van der Waals surface area contributed by atoms with Gasteiger partial charge in [-0.2, -0.15) is 0 Å². The van der Waals surface area contributed by atoms with Crippen LogP contribution in [0.15, 0.2) is 60.2 Å². The molecular weight excluding hydrogens is 358 g/mol. The van der Waals surface area contributed by atoms with Crippen molar-refractivity contribution in [3.8, 4) is 5.75 Å². The van der Waals surface area contributed by atoms with Crippen LogP contribution >= 0.6 is 0 Å². The fourth-order valence-electron chi connectivity index (χ4n) is 2.86. The summed E-state index contributed by atoms with van der Waals surface area (Å²) in [5.41, 5.74) is 1.09. The molecule has 146 valence electrons. The van der Waals surface area contributed by atoms with Crippen molar-refractivity contribution in [1.29, 1.82) is 0 Å². The predicted molar refractivity (Wildman–Crippen MR) is 104 cm³/mol. The summed E-state index contributed by atoms with van der Waals surface area (Å²) in [5, 5.41) is 21.9. The van der Waals surface area contributed by atoms with Gasteiger partial charge in [-0.25, -0.2) is 0 Å². The molecule has 2 amide bonds. The van der Waals surface area contributed by atoms with E-state index in [0.29, 0.717) is 28.9 Å². The van der Waals surface area contributed by atoms with E-state index in [1.807, 2.05) is 30.3 Å². The van der Waals surface area contributed by atoms with E-state index >= 15 is 0 Å². The Labute approximate surface area is 163 Å². The second kappa shape index (κ2) is 7.96. The zero-order chi connectivity index (χ0) is 20.3. The number of rotatable bonds is 7. The SMILES string of the molecule is CC(C)(O)C(O)COc1ccc(C2=C(Cc3ccccc3)C(=O)NC2=O)cc1. The molecule has 0 fully saturated rings. The molecule has 1 aliphatic rings. The molecule has 0 aliphatic carbocycles. The first-order valence-corrected chi connectivity index (χ1v) is 9.02. The maximum Gasteiger partial charge on any atom is 0.259 e. The Morgan fingerprint density at radius 1 is 1.00 bits per heavy atom. The highest BCUT2D eigenvalue weighted by Crippen LogP contribution is 2.28. The molecule has 6 heteroatoms. The summed E-state index contributed by atoms with van der Waals surface area (Å²) in [7, 11) is 0. The molecule has 0 bridgehead atoms. The van der Waals surface area contributed by atoms with E-state index in [2.05, 4.69) is 5.32 Å². The molecule has 0 spiro atoms. The van der Waals surface area contributed by atoms with Crippen LogP contribution in [-0.2, 0) is 16.0 Å². The van der Waals surface area contributed by atoms with Crippen LogP contribution in [0.2, 0.25) is 0 Å². The van der Waals surface area contributed by atoms with Gasteiger partial charge in [0.1, 0.15) is 18.5 Å². The van der Waals surface area contributed by atoms with Crippen molar-refractivity contribution in [3.05, 3.63) is 71.3 Å². The zero-order valence-electron chi connectivity index (χ0n) is 15.8. The van der Waals surface area contributed by atoms with E-state index in [0.717, 1.165) is 5.56 Å². The zero-order valence-corrected chi connectivity index (χ0v) is 15.8. The molecule has 0 saturated heterocycles. The van der Waals surface area contributed by atoms with E-state index in [4.69, 9.17) is 4.74 Å².